The van der Waals surface area contributed by atoms with Crippen molar-refractivity contribution in [3.63, 3.8) is 0 Å². The molecule has 1 amide bonds. The molecule has 0 spiro atoms. The number of carbonyl (C=O) groups excluding carboxylic acids is 1. The number of halogens is 3. The Morgan fingerprint density at radius 1 is 1.06 bits per heavy atom. The SMILES string of the molecule is CC(C)(C)OC(=O)N1CCC(C(O)c2cc(C(F)(F)F)ccc2-c2ccccc2)CC1. The Morgan fingerprint density at radius 2 is 1.68 bits per heavy atom. The Balaban J connectivity index is 1.82. The van der Waals surface area contributed by atoms with Gasteiger partial charge in [0.25, 0.3) is 0 Å². The van der Waals surface area contributed by atoms with Crippen LogP contribution in [-0.2, 0) is 10.9 Å². The predicted octanol–water partition coefficient (Wildman–Crippen LogP) is 6.05. The molecule has 0 radical (unpaired) electrons. The molecule has 1 fully saturated rings. The number of ether oxygens (including phenoxy) is 1. The van der Waals surface area contributed by atoms with E-state index in [1.807, 2.05) is 30.3 Å². The van der Waals surface area contributed by atoms with Gasteiger partial charge >= 0.3 is 12.3 Å². The highest BCUT2D eigenvalue weighted by Crippen LogP contribution is 2.40. The summed E-state index contributed by atoms with van der Waals surface area (Å²) in [5.41, 5.74) is 0.201. The van der Waals surface area contributed by atoms with E-state index in [0.717, 1.165) is 17.7 Å². The smallest absolute Gasteiger partial charge is 0.416 e. The normalized spacial score (nSPS) is 16.8. The molecular formula is C24H28F3NO3. The summed E-state index contributed by atoms with van der Waals surface area (Å²) in [7, 11) is 0. The van der Waals surface area contributed by atoms with Gasteiger partial charge in [0, 0.05) is 13.1 Å². The van der Waals surface area contributed by atoms with Crippen molar-refractivity contribution in [3.8, 4) is 11.1 Å². The predicted molar refractivity (Wildman–Crippen MR) is 112 cm³/mol. The van der Waals surface area contributed by atoms with Gasteiger partial charge in [0.15, 0.2) is 0 Å². The minimum absolute atomic E-state index is 0.260. The summed E-state index contributed by atoms with van der Waals surface area (Å²) in [4.78, 5) is 13.9. The number of rotatable bonds is 3. The highest BCUT2D eigenvalue weighted by molar-refractivity contribution is 5.69. The van der Waals surface area contributed by atoms with Gasteiger partial charge in [-0.3, -0.25) is 0 Å². The molecule has 168 valence electrons. The fourth-order valence-electron chi connectivity index (χ4n) is 3.84. The fraction of sp³-hybridized carbons (Fsp3) is 0.458. The first-order valence-electron chi connectivity index (χ1n) is 10.4. The second-order valence-corrected chi connectivity index (χ2v) is 8.92. The van der Waals surface area contributed by atoms with Crippen LogP contribution in [0, 0.1) is 5.92 Å². The number of aliphatic hydroxyl groups excluding tert-OH is 1. The first-order chi connectivity index (χ1) is 14.5. The van der Waals surface area contributed by atoms with Crippen molar-refractivity contribution in [2.45, 2.75) is 51.5 Å². The lowest BCUT2D eigenvalue weighted by atomic mass is 9.83. The Hall–Kier alpha value is -2.54. The van der Waals surface area contributed by atoms with E-state index in [1.54, 1.807) is 25.7 Å². The highest BCUT2D eigenvalue weighted by Gasteiger charge is 2.35. The molecule has 1 atom stereocenters. The molecule has 2 aromatic carbocycles. The van der Waals surface area contributed by atoms with E-state index < -0.39 is 29.5 Å². The zero-order valence-corrected chi connectivity index (χ0v) is 17.9. The van der Waals surface area contributed by atoms with Crippen LogP contribution in [0.2, 0.25) is 0 Å². The molecule has 1 unspecified atom stereocenters. The van der Waals surface area contributed by atoms with E-state index in [2.05, 4.69) is 0 Å². The third-order valence-electron chi connectivity index (χ3n) is 5.42. The average molecular weight is 435 g/mol. The van der Waals surface area contributed by atoms with E-state index in [0.29, 0.717) is 31.5 Å². The highest BCUT2D eigenvalue weighted by atomic mass is 19.4. The largest absolute Gasteiger partial charge is 0.444 e. The Bertz CT molecular complexity index is 899. The number of nitrogens with zero attached hydrogens (tertiary/aromatic N) is 1. The van der Waals surface area contributed by atoms with Crippen LogP contribution in [0.3, 0.4) is 0 Å². The molecule has 3 rings (SSSR count). The number of benzene rings is 2. The number of amides is 1. The summed E-state index contributed by atoms with van der Waals surface area (Å²) >= 11 is 0. The second kappa shape index (κ2) is 8.91. The number of aliphatic hydroxyl groups is 1. The van der Waals surface area contributed by atoms with Gasteiger partial charge < -0.3 is 14.7 Å². The summed E-state index contributed by atoms with van der Waals surface area (Å²) in [6.45, 7) is 6.15. The third kappa shape index (κ3) is 5.79. The van der Waals surface area contributed by atoms with Gasteiger partial charge in [-0.2, -0.15) is 13.2 Å². The molecule has 31 heavy (non-hydrogen) atoms. The number of carbonyl (C=O) groups is 1. The van der Waals surface area contributed by atoms with E-state index in [9.17, 15) is 23.1 Å². The van der Waals surface area contributed by atoms with Gasteiger partial charge in [-0.15, -0.1) is 0 Å². The van der Waals surface area contributed by atoms with Crippen LogP contribution in [0.4, 0.5) is 18.0 Å². The van der Waals surface area contributed by atoms with Gasteiger partial charge in [-0.05, 0) is 68.4 Å². The van der Waals surface area contributed by atoms with Crippen molar-refractivity contribution in [1.29, 1.82) is 0 Å². The molecule has 1 heterocycles. The van der Waals surface area contributed by atoms with Crippen LogP contribution in [0.5, 0.6) is 0 Å². The van der Waals surface area contributed by atoms with Gasteiger partial charge in [0.05, 0.1) is 11.7 Å². The van der Waals surface area contributed by atoms with Crippen LogP contribution < -0.4 is 0 Å². The van der Waals surface area contributed by atoms with E-state index in [-0.39, 0.29) is 11.5 Å². The minimum Gasteiger partial charge on any atom is -0.444 e. The molecular weight excluding hydrogens is 407 g/mol. The fourth-order valence-corrected chi connectivity index (χ4v) is 3.84. The first-order valence-corrected chi connectivity index (χ1v) is 10.4. The maximum atomic E-state index is 13.3. The third-order valence-corrected chi connectivity index (χ3v) is 5.42. The van der Waals surface area contributed by atoms with Crippen LogP contribution in [-0.4, -0.2) is 34.8 Å². The van der Waals surface area contributed by atoms with Crippen LogP contribution in [0.25, 0.3) is 11.1 Å². The molecule has 0 saturated carbocycles. The lowest BCUT2D eigenvalue weighted by Gasteiger charge is -2.35. The Kier molecular flexibility index (Phi) is 6.65. The maximum Gasteiger partial charge on any atom is 0.416 e. The Labute approximate surface area is 180 Å². The summed E-state index contributed by atoms with van der Waals surface area (Å²) in [5, 5.41) is 11.1. The second-order valence-electron chi connectivity index (χ2n) is 8.92. The molecule has 4 nitrogen and oxygen atoms in total. The summed E-state index contributed by atoms with van der Waals surface area (Å²) in [5.74, 6) is -0.260. The topological polar surface area (TPSA) is 49.8 Å². The van der Waals surface area contributed by atoms with Gasteiger partial charge in [-0.1, -0.05) is 36.4 Å². The first kappa shape index (κ1) is 23.1. The van der Waals surface area contributed by atoms with Crippen molar-refractivity contribution in [3.05, 3.63) is 59.7 Å². The van der Waals surface area contributed by atoms with Crippen molar-refractivity contribution >= 4 is 6.09 Å². The quantitative estimate of drug-likeness (QED) is 0.638. The monoisotopic (exact) mass is 435 g/mol. The van der Waals surface area contributed by atoms with Crippen LogP contribution in [0.1, 0.15) is 50.8 Å². The van der Waals surface area contributed by atoms with Crippen LogP contribution >= 0.6 is 0 Å². The van der Waals surface area contributed by atoms with Crippen molar-refractivity contribution < 1.29 is 27.8 Å². The molecule has 0 aliphatic carbocycles. The number of hydrogen-bond acceptors (Lipinski definition) is 3. The minimum atomic E-state index is -4.50. The standard InChI is InChI=1S/C24H28F3NO3/c1-23(2,3)31-22(30)28-13-11-17(12-14-28)21(29)20-15-18(24(25,26)27)9-10-19(20)16-7-5-4-6-8-16/h4-10,15,17,21,29H,11-14H2,1-3H3. The molecule has 0 bridgehead atoms. The van der Waals surface area contributed by atoms with Gasteiger partial charge in [0.1, 0.15) is 5.60 Å². The summed E-state index contributed by atoms with van der Waals surface area (Å²) < 4.78 is 45.4. The summed E-state index contributed by atoms with van der Waals surface area (Å²) in [6, 6.07) is 12.6. The maximum absolute atomic E-state index is 13.3. The molecule has 1 N–H and O–H groups in total. The number of piperidine rings is 1. The van der Waals surface area contributed by atoms with Crippen molar-refractivity contribution in [1.82, 2.24) is 4.90 Å². The van der Waals surface area contributed by atoms with E-state index >= 15 is 0 Å². The molecule has 1 aliphatic rings. The number of hydrogen-bond donors (Lipinski definition) is 1. The molecule has 1 saturated heterocycles. The molecule has 7 heteroatoms. The van der Waals surface area contributed by atoms with E-state index in [1.165, 1.54) is 6.07 Å². The van der Waals surface area contributed by atoms with Crippen LogP contribution in [0.15, 0.2) is 48.5 Å². The van der Waals surface area contributed by atoms with Crippen molar-refractivity contribution in [2.75, 3.05) is 13.1 Å². The molecule has 0 aromatic heterocycles. The van der Waals surface area contributed by atoms with Crippen molar-refractivity contribution in [2.24, 2.45) is 5.92 Å². The lowest BCUT2D eigenvalue weighted by molar-refractivity contribution is -0.137. The van der Waals surface area contributed by atoms with Gasteiger partial charge in [-0.25, -0.2) is 4.79 Å². The number of alkyl halides is 3. The average Bonchev–Trinajstić information content (AvgIpc) is 2.71. The molecule has 2 aromatic rings. The zero-order valence-electron chi connectivity index (χ0n) is 17.9. The zero-order chi connectivity index (χ0) is 22.8. The van der Waals surface area contributed by atoms with Gasteiger partial charge in [0.2, 0.25) is 0 Å². The number of likely N-dealkylation sites (tertiary alicyclic amines) is 1. The molecule has 1 aliphatic heterocycles. The lowest BCUT2D eigenvalue weighted by Crippen LogP contribution is -2.42. The summed E-state index contributed by atoms with van der Waals surface area (Å²) in [6.07, 6.45) is -5.03. The Morgan fingerprint density at radius 3 is 2.23 bits per heavy atom. The van der Waals surface area contributed by atoms with E-state index in [4.69, 9.17) is 4.74 Å².